The van der Waals surface area contributed by atoms with E-state index in [1.165, 1.54) is 0 Å². The van der Waals surface area contributed by atoms with E-state index in [0.717, 1.165) is 32.1 Å². The predicted molar refractivity (Wildman–Crippen MR) is 136 cm³/mol. The van der Waals surface area contributed by atoms with Gasteiger partial charge in [-0.3, -0.25) is 0 Å². The van der Waals surface area contributed by atoms with Gasteiger partial charge in [-0.25, -0.2) is 0 Å². The molecule has 2 spiro atoms. The molecule has 5 saturated carbocycles. The van der Waals surface area contributed by atoms with E-state index in [1.807, 2.05) is 27.7 Å². The first kappa shape index (κ1) is 26.0. The topological polar surface area (TPSA) is 110 Å². The molecule has 6 nitrogen and oxygen atoms in total. The molecule has 1 aliphatic heterocycles. The van der Waals surface area contributed by atoms with Crippen molar-refractivity contribution in [2.24, 2.45) is 44.8 Å². The molecule has 5 aliphatic carbocycles. The molecule has 36 heavy (non-hydrogen) atoms. The van der Waals surface area contributed by atoms with Crippen molar-refractivity contribution in [2.45, 2.75) is 142 Å². The smallest absolute Gasteiger partial charge is 0.0865 e. The number of aliphatic hydroxyl groups is 5. The Morgan fingerprint density at radius 2 is 1.42 bits per heavy atom. The first-order chi connectivity index (χ1) is 16.4. The van der Waals surface area contributed by atoms with Gasteiger partial charge in [-0.1, -0.05) is 27.7 Å². The molecule has 1 heterocycles. The normalized spacial score (nSPS) is 61.7. The maximum atomic E-state index is 11.7. The van der Waals surface area contributed by atoms with Gasteiger partial charge in [-0.15, -0.1) is 0 Å². The lowest BCUT2D eigenvalue weighted by Crippen LogP contribution is -2.64. The average Bonchev–Trinajstić information content (AvgIpc) is 3.07. The summed E-state index contributed by atoms with van der Waals surface area (Å²) in [7, 11) is 0. The summed E-state index contributed by atoms with van der Waals surface area (Å²) in [4.78, 5) is 0. The summed E-state index contributed by atoms with van der Waals surface area (Å²) in [5.74, 6) is 0.223. The Bertz CT molecular complexity index is 944. The number of hydrogen-bond donors (Lipinski definition) is 5. The average molecular weight is 507 g/mol. The second kappa shape index (κ2) is 7.09. The zero-order valence-corrected chi connectivity index (χ0v) is 23.4. The molecule has 0 radical (unpaired) electrons. The van der Waals surface area contributed by atoms with E-state index in [0.29, 0.717) is 19.3 Å². The fourth-order valence-corrected chi connectivity index (χ4v) is 12.2. The van der Waals surface area contributed by atoms with Crippen molar-refractivity contribution in [3.63, 3.8) is 0 Å². The number of ether oxygens (including phenoxy) is 1. The van der Waals surface area contributed by atoms with Crippen LogP contribution in [0, 0.1) is 44.8 Å². The van der Waals surface area contributed by atoms with E-state index in [2.05, 4.69) is 20.8 Å². The van der Waals surface area contributed by atoms with Gasteiger partial charge in [-0.2, -0.15) is 0 Å². The van der Waals surface area contributed by atoms with E-state index in [9.17, 15) is 25.5 Å². The van der Waals surface area contributed by atoms with Crippen LogP contribution in [0.2, 0.25) is 0 Å². The Morgan fingerprint density at radius 3 is 2.03 bits per heavy atom. The molecule has 6 aliphatic rings. The first-order valence-corrected chi connectivity index (χ1v) is 14.5. The molecule has 6 rings (SSSR count). The van der Waals surface area contributed by atoms with Crippen LogP contribution in [0.25, 0.3) is 0 Å². The standard InChI is InChI=1S/C30H50O6/c1-24(2)21-16(31)12-19-27(6)13-17(32)22(28(7)9-8-20(36-28)25(3,4)35)26(27,5)10-11-29(19)15-30(21,29)14-18(33)23(24)34/h16-23,31-35H,8-15H2,1-7H3/t16-,17-,18+,19-,20-,21-,22-,23-,26+,27-,28+,29-,30+/m0/s1. The SMILES string of the molecule is CC(C)(O)[C@@H]1CC[C@](C)([C@H]2[C@@H](O)C[C@@]3(C)[C@@H]4C[C@H](O)[C@H]5C(C)(C)[C@@H](O)[C@H](O)C[C@@]56C[C@@]46CC[C@]23C)O1. The highest BCUT2D eigenvalue weighted by Gasteiger charge is 2.85. The zero-order chi connectivity index (χ0) is 26.5. The summed E-state index contributed by atoms with van der Waals surface area (Å²) >= 11 is 0. The third-order valence-corrected chi connectivity index (χ3v) is 13.8. The lowest BCUT2D eigenvalue weighted by Gasteiger charge is -2.64. The molecule has 13 atom stereocenters. The molecule has 6 heteroatoms. The zero-order valence-electron chi connectivity index (χ0n) is 23.4. The molecule has 0 aromatic carbocycles. The van der Waals surface area contributed by atoms with Crippen molar-refractivity contribution in [1.82, 2.24) is 0 Å². The summed E-state index contributed by atoms with van der Waals surface area (Å²) in [5.41, 5.74) is -2.33. The van der Waals surface area contributed by atoms with Gasteiger partial charge in [0.05, 0.1) is 41.7 Å². The number of fused-ring (bicyclic) bond motifs is 2. The first-order valence-electron chi connectivity index (χ1n) is 14.5. The van der Waals surface area contributed by atoms with Crippen LogP contribution < -0.4 is 0 Å². The predicted octanol–water partition coefficient (Wildman–Crippen LogP) is 3.41. The van der Waals surface area contributed by atoms with Crippen molar-refractivity contribution in [1.29, 1.82) is 0 Å². The highest BCUT2D eigenvalue weighted by molar-refractivity contribution is 5.33. The Hall–Kier alpha value is -0.240. The molecule has 206 valence electrons. The third-order valence-electron chi connectivity index (χ3n) is 13.8. The van der Waals surface area contributed by atoms with Crippen molar-refractivity contribution >= 4 is 0 Å². The highest BCUT2D eigenvalue weighted by atomic mass is 16.5. The van der Waals surface area contributed by atoms with Gasteiger partial charge >= 0.3 is 0 Å². The molecule has 0 aromatic rings. The summed E-state index contributed by atoms with van der Waals surface area (Å²) in [6.45, 7) is 14.6. The molecule has 6 fully saturated rings. The maximum Gasteiger partial charge on any atom is 0.0865 e. The van der Waals surface area contributed by atoms with Gasteiger partial charge < -0.3 is 30.3 Å². The number of rotatable bonds is 2. The minimum atomic E-state index is -0.912. The van der Waals surface area contributed by atoms with Crippen molar-refractivity contribution in [3.05, 3.63) is 0 Å². The lowest BCUT2D eigenvalue weighted by atomic mass is 9.41. The molecule has 0 unspecified atom stereocenters. The van der Waals surface area contributed by atoms with E-state index in [1.54, 1.807) is 0 Å². The van der Waals surface area contributed by atoms with E-state index >= 15 is 0 Å². The Morgan fingerprint density at radius 1 is 0.750 bits per heavy atom. The molecule has 0 amide bonds. The van der Waals surface area contributed by atoms with Crippen LogP contribution in [-0.4, -0.2) is 67.3 Å². The van der Waals surface area contributed by atoms with Crippen LogP contribution in [0.5, 0.6) is 0 Å². The molecule has 1 saturated heterocycles. The minimum absolute atomic E-state index is 0.0158. The fraction of sp³-hybridized carbons (Fsp3) is 1.00. The third kappa shape index (κ3) is 2.80. The van der Waals surface area contributed by atoms with Gasteiger partial charge in [0.1, 0.15) is 0 Å². The highest BCUT2D eigenvalue weighted by Crippen LogP contribution is 2.89. The molecule has 0 bridgehead atoms. The Balaban J connectivity index is 1.37. The van der Waals surface area contributed by atoms with E-state index < -0.39 is 41.0 Å². The van der Waals surface area contributed by atoms with Gasteiger partial charge in [-0.05, 0) is 111 Å². The van der Waals surface area contributed by atoms with Gasteiger partial charge in [0.25, 0.3) is 0 Å². The van der Waals surface area contributed by atoms with Crippen LogP contribution in [0.3, 0.4) is 0 Å². The molecular weight excluding hydrogens is 456 g/mol. The Labute approximate surface area is 216 Å². The van der Waals surface area contributed by atoms with Crippen LogP contribution in [0.1, 0.15) is 99.8 Å². The monoisotopic (exact) mass is 506 g/mol. The van der Waals surface area contributed by atoms with Gasteiger partial charge in [0, 0.05) is 5.92 Å². The minimum Gasteiger partial charge on any atom is -0.393 e. The quantitative estimate of drug-likeness (QED) is 0.393. The summed E-state index contributed by atoms with van der Waals surface area (Å²) in [6.07, 6.45) is 3.85. The van der Waals surface area contributed by atoms with Crippen LogP contribution in [0.15, 0.2) is 0 Å². The van der Waals surface area contributed by atoms with E-state index in [-0.39, 0.29) is 45.5 Å². The maximum absolute atomic E-state index is 11.7. The fourth-order valence-electron chi connectivity index (χ4n) is 12.2. The lowest BCUT2D eigenvalue weighted by molar-refractivity contribution is -0.229. The molecule has 5 N–H and O–H groups in total. The van der Waals surface area contributed by atoms with Crippen LogP contribution in [-0.2, 0) is 4.74 Å². The second-order valence-corrected chi connectivity index (χ2v) is 16.1. The van der Waals surface area contributed by atoms with Gasteiger partial charge in [0.15, 0.2) is 0 Å². The summed E-state index contributed by atoms with van der Waals surface area (Å²) in [6, 6.07) is 0. The largest absolute Gasteiger partial charge is 0.393 e. The van der Waals surface area contributed by atoms with Crippen molar-refractivity contribution < 1.29 is 30.3 Å². The van der Waals surface area contributed by atoms with Gasteiger partial charge in [0.2, 0.25) is 0 Å². The Kier molecular flexibility index (Phi) is 5.12. The molecular formula is C30H50O6. The van der Waals surface area contributed by atoms with Crippen molar-refractivity contribution in [3.8, 4) is 0 Å². The van der Waals surface area contributed by atoms with Crippen LogP contribution in [0.4, 0.5) is 0 Å². The molecule has 0 aromatic heterocycles. The van der Waals surface area contributed by atoms with Crippen molar-refractivity contribution in [2.75, 3.05) is 0 Å². The summed E-state index contributed by atoms with van der Waals surface area (Å²) < 4.78 is 6.64. The summed E-state index contributed by atoms with van der Waals surface area (Å²) in [5, 5.41) is 56.0. The number of aliphatic hydroxyl groups excluding tert-OH is 4. The van der Waals surface area contributed by atoms with Crippen LogP contribution >= 0.6 is 0 Å². The second-order valence-electron chi connectivity index (χ2n) is 16.1. The number of hydrogen-bond acceptors (Lipinski definition) is 6. The van der Waals surface area contributed by atoms with E-state index in [4.69, 9.17) is 4.74 Å².